The first-order valence-corrected chi connectivity index (χ1v) is 8.23. The molecule has 0 aliphatic carbocycles. The third-order valence-corrected chi connectivity index (χ3v) is 5.79. The van der Waals surface area contributed by atoms with Crippen molar-refractivity contribution in [3.8, 4) is 0 Å². The van der Waals surface area contributed by atoms with Crippen molar-refractivity contribution in [1.82, 2.24) is 9.62 Å². The summed E-state index contributed by atoms with van der Waals surface area (Å²) in [5.74, 6) is 0. The smallest absolute Gasteiger partial charge is 0.243 e. The second-order valence-corrected chi connectivity index (χ2v) is 7.18. The van der Waals surface area contributed by atoms with Gasteiger partial charge in [0.25, 0.3) is 0 Å². The first-order valence-electron chi connectivity index (χ1n) is 6.79. The molecule has 0 amide bonds. The van der Waals surface area contributed by atoms with Crippen molar-refractivity contribution in [1.29, 1.82) is 0 Å². The fourth-order valence-electron chi connectivity index (χ4n) is 2.78. The van der Waals surface area contributed by atoms with Crippen molar-refractivity contribution >= 4 is 10.0 Å². The highest BCUT2D eigenvalue weighted by molar-refractivity contribution is 7.89. The molecular formula is C14H22N2O2S. The Kier molecular flexibility index (Phi) is 4.28. The number of hydrogen-bond donors (Lipinski definition) is 1. The number of piperazine rings is 1. The minimum Gasteiger partial charge on any atom is -0.314 e. The van der Waals surface area contributed by atoms with Crippen molar-refractivity contribution < 1.29 is 8.42 Å². The lowest BCUT2D eigenvalue weighted by molar-refractivity contribution is 0.154. The number of rotatable bonds is 4. The van der Waals surface area contributed by atoms with E-state index in [0.717, 1.165) is 12.8 Å². The molecule has 1 aliphatic heterocycles. The Balaban J connectivity index is 2.37. The predicted molar refractivity (Wildman–Crippen MR) is 76.5 cm³/mol. The van der Waals surface area contributed by atoms with E-state index in [1.54, 1.807) is 28.6 Å². The summed E-state index contributed by atoms with van der Waals surface area (Å²) in [5.41, 5.74) is -0.332. The molecule has 1 atom stereocenters. The van der Waals surface area contributed by atoms with Gasteiger partial charge in [-0.3, -0.25) is 0 Å². The summed E-state index contributed by atoms with van der Waals surface area (Å²) >= 11 is 0. The summed E-state index contributed by atoms with van der Waals surface area (Å²) in [7, 11) is -3.40. The van der Waals surface area contributed by atoms with Crippen molar-refractivity contribution in [2.24, 2.45) is 0 Å². The Bertz CT molecular complexity index is 512. The molecule has 5 heteroatoms. The second-order valence-electron chi connectivity index (χ2n) is 5.31. The van der Waals surface area contributed by atoms with E-state index in [9.17, 15) is 8.42 Å². The van der Waals surface area contributed by atoms with Crippen molar-refractivity contribution in [3.05, 3.63) is 30.3 Å². The Hall–Kier alpha value is -0.910. The molecule has 0 aromatic heterocycles. The average molecular weight is 282 g/mol. The van der Waals surface area contributed by atoms with E-state index in [4.69, 9.17) is 0 Å². The van der Waals surface area contributed by atoms with Crippen molar-refractivity contribution in [2.75, 3.05) is 19.6 Å². The Morgan fingerprint density at radius 2 is 2.00 bits per heavy atom. The molecule has 2 rings (SSSR count). The largest absolute Gasteiger partial charge is 0.314 e. The van der Waals surface area contributed by atoms with Gasteiger partial charge < -0.3 is 5.32 Å². The van der Waals surface area contributed by atoms with Crippen molar-refractivity contribution in [2.45, 2.75) is 37.1 Å². The third-order valence-electron chi connectivity index (χ3n) is 3.72. The van der Waals surface area contributed by atoms with E-state index in [0.29, 0.717) is 24.5 Å². The fraction of sp³-hybridized carbons (Fsp3) is 0.571. The zero-order valence-electron chi connectivity index (χ0n) is 11.6. The second kappa shape index (κ2) is 5.61. The molecule has 1 fully saturated rings. The Labute approximate surface area is 115 Å². The van der Waals surface area contributed by atoms with E-state index >= 15 is 0 Å². The van der Waals surface area contributed by atoms with E-state index < -0.39 is 10.0 Å². The average Bonchev–Trinajstić information content (AvgIpc) is 2.40. The van der Waals surface area contributed by atoms with Gasteiger partial charge in [-0.1, -0.05) is 31.5 Å². The lowest BCUT2D eigenvalue weighted by atomic mass is 9.94. The van der Waals surface area contributed by atoms with Gasteiger partial charge in [0.15, 0.2) is 0 Å². The van der Waals surface area contributed by atoms with Crippen LogP contribution in [0, 0.1) is 0 Å². The van der Waals surface area contributed by atoms with E-state index in [2.05, 4.69) is 12.2 Å². The summed E-state index contributed by atoms with van der Waals surface area (Å²) < 4.78 is 27.2. The van der Waals surface area contributed by atoms with Gasteiger partial charge in [-0.05, 0) is 25.5 Å². The van der Waals surface area contributed by atoms with Crippen LogP contribution >= 0.6 is 0 Å². The molecule has 1 N–H and O–H groups in total. The molecule has 1 aliphatic rings. The number of benzene rings is 1. The van der Waals surface area contributed by atoms with Crippen molar-refractivity contribution in [3.63, 3.8) is 0 Å². The van der Waals surface area contributed by atoms with Gasteiger partial charge in [0.05, 0.1) is 4.90 Å². The zero-order valence-corrected chi connectivity index (χ0v) is 12.4. The topological polar surface area (TPSA) is 49.4 Å². The van der Waals surface area contributed by atoms with E-state index in [-0.39, 0.29) is 5.54 Å². The standard InChI is InChI=1S/C14H22N2O2S/c1-3-9-14(2)12-15-10-11-16(14)19(17,18)13-7-5-4-6-8-13/h4-8,15H,3,9-12H2,1-2H3. The molecule has 106 valence electrons. The van der Waals surface area contributed by atoms with Crippen LogP contribution in [0.15, 0.2) is 35.2 Å². The van der Waals surface area contributed by atoms with Crippen LogP contribution in [0.2, 0.25) is 0 Å². The van der Waals surface area contributed by atoms with E-state index in [1.807, 2.05) is 13.0 Å². The fourth-order valence-corrected chi connectivity index (χ4v) is 4.60. The highest BCUT2D eigenvalue weighted by Crippen LogP contribution is 2.29. The molecule has 0 saturated carbocycles. The Morgan fingerprint density at radius 3 is 2.63 bits per heavy atom. The van der Waals surface area contributed by atoms with Crippen LogP contribution in [0.3, 0.4) is 0 Å². The molecule has 1 heterocycles. The van der Waals surface area contributed by atoms with Gasteiger partial charge in [0.1, 0.15) is 0 Å². The third kappa shape index (κ3) is 2.83. The molecule has 1 saturated heterocycles. The first kappa shape index (κ1) is 14.5. The summed E-state index contributed by atoms with van der Waals surface area (Å²) in [5, 5.41) is 3.31. The lowest BCUT2D eigenvalue weighted by Gasteiger charge is -2.44. The summed E-state index contributed by atoms with van der Waals surface area (Å²) in [6.07, 6.45) is 1.84. The number of hydrogen-bond acceptors (Lipinski definition) is 3. The summed E-state index contributed by atoms with van der Waals surface area (Å²) in [4.78, 5) is 0.388. The number of nitrogens with zero attached hydrogens (tertiary/aromatic N) is 1. The van der Waals surface area contributed by atoms with Crippen LogP contribution in [0.25, 0.3) is 0 Å². The minimum atomic E-state index is -3.40. The zero-order chi connectivity index (χ0) is 13.9. The maximum absolute atomic E-state index is 12.8. The Morgan fingerprint density at radius 1 is 1.32 bits per heavy atom. The first-order chi connectivity index (χ1) is 9.00. The molecule has 0 bridgehead atoms. The van der Waals surface area contributed by atoms with Crippen LogP contribution in [-0.4, -0.2) is 37.9 Å². The van der Waals surface area contributed by atoms with Gasteiger partial charge in [0.2, 0.25) is 10.0 Å². The number of sulfonamides is 1. The highest BCUT2D eigenvalue weighted by Gasteiger charge is 2.41. The molecular weight excluding hydrogens is 260 g/mol. The maximum atomic E-state index is 12.8. The maximum Gasteiger partial charge on any atom is 0.243 e. The molecule has 0 radical (unpaired) electrons. The van der Waals surface area contributed by atoms with Gasteiger partial charge >= 0.3 is 0 Å². The monoisotopic (exact) mass is 282 g/mol. The number of nitrogens with one attached hydrogen (secondary N) is 1. The summed E-state index contributed by atoms with van der Waals surface area (Å²) in [6, 6.07) is 8.72. The highest BCUT2D eigenvalue weighted by atomic mass is 32.2. The van der Waals surface area contributed by atoms with Crippen LogP contribution in [0.5, 0.6) is 0 Å². The lowest BCUT2D eigenvalue weighted by Crippen LogP contribution is -2.61. The predicted octanol–water partition coefficient (Wildman–Crippen LogP) is 1.84. The van der Waals surface area contributed by atoms with Gasteiger partial charge in [-0.2, -0.15) is 4.31 Å². The van der Waals surface area contributed by atoms with Crippen LogP contribution < -0.4 is 5.32 Å². The SMILES string of the molecule is CCCC1(C)CNCCN1S(=O)(=O)c1ccccc1. The minimum absolute atomic E-state index is 0.332. The molecule has 1 aromatic rings. The van der Waals surface area contributed by atoms with Gasteiger partial charge in [-0.25, -0.2) is 8.42 Å². The van der Waals surface area contributed by atoms with Crippen LogP contribution in [-0.2, 0) is 10.0 Å². The normalized spacial score (nSPS) is 25.4. The molecule has 0 spiro atoms. The summed E-state index contributed by atoms with van der Waals surface area (Å²) in [6.45, 7) is 6.09. The molecule has 1 aromatic carbocycles. The molecule has 4 nitrogen and oxygen atoms in total. The molecule has 1 unspecified atom stereocenters. The van der Waals surface area contributed by atoms with E-state index in [1.165, 1.54) is 0 Å². The van der Waals surface area contributed by atoms with Crippen LogP contribution in [0.4, 0.5) is 0 Å². The van der Waals surface area contributed by atoms with Gasteiger partial charge in [-0.15, -0.1) is 0 Å². The van der Waals surface area contributed by atoms with Crippen LogP contribution in [0.1, 0.15) is 26.7 Å². The quantitative estimate of drug-likeness (QED) is 0.916. The molecule has 19 heavy (non-hydrogen) atoms. The van der Waals surface area contributed by atoms with Gasteiger partial charge in [0, 0.05) is 25.2 Å².